The standard InChI is InChI=1S/C15H12N2O3/c16-14(18)9-17-8-11(10-4-1-2-5-12(10)17)15(19)13-6-3-7-20-13/h1-8H,9H2,(H2,16,18). The van der Waals surface area contributed by atoms with Crippen molar-refractivity contribution in [3.63, 3.8) is 0 Å². The molecule has 0 unspecified atom stereocenters. The Balaban J connectivity index is 2.16. The van der Waals surface area contributed by atoms with Crippen LogP contribution in [0.4, 0.5) is 0 Å². The van der Waals surface area contributed by atoms with Crippen molar-refractivity contribution >= 4 is 22.6 Å². The fraction of sp³-hybridized carbons (Fsp3) is 0.0667. The largest absolute Gasteiger partial charge is 0.461 e. The molecule has 2 heterocycles. The zero-order valence-electron chi connectivity index (χ0n) is 10.6. The number of hydrogen-bond donors (Lipinski definition) is 1. The number of carbonyl (C=O) groups is 2. The zero-order chi connectivity index (χ0) is 14.1. The Kier molecular flexibility index (Phi) is 2.87. The van der Waals surface area contributed by atoms with Crippen molar-refractivity contribution in [2.45, 2.75) is 6.54 Å². The van der Waals surface area contributed by atoms with E-state index in [0.29, 0.717) is 5.56 Å². The van der Waals surface area contributed by atoms with Crippen LogP contribution in [0.15, 0.2) is 53.3 Å². The highest BCUT2D eigenvalue weighted by molar-refractivity contribution is 6.15. The monoisotopic (exact) mass is 268 g/mol. The van der Waals surface area contributed by atoms with Crippen molar-refractivity contribution in [1.82, 2.24) is 4.57 Å². The minimum absolute atomic E-state index is 0.0337. The van der Waals surface area contributed by atoms with Crippen LogP contribution in [0.2, 0.25) is 0 Å². The van der Waals surface area contributed by atoms with Gasteiger partial charge in [-0.25, -0.2) is 0 Å². The molecule has 3 aromatic rings. The lowest BCUT2D eigenvalue weighted by atomic mass is 10.1. The first-order valence-corrected chi connectivity index (χ1v) is 6.11. The number of ketones is 1. The van der Waals surface area contributed by atoms with Crippen LogP contribution in [-0.2, 0) is 11.3 Å². The number of furan rings is 1. The van der Waals surface area contributed by atoms with E-state index in [9.17, 15) is 9.59 Å². The molecule has 0 aliphatic carbocycles. The Morgan fingerprint density at radius 1 is 1.15 bits per heavy atom. The number of fused-ring (bicyclic) bond motifs is 1. The minimum Gasteiger partial charge on any atom is -0.461 e. The Morgan fingerprint density at radius 3 is 2.65 bits per heavy atom. The number of hydrogen-bond acceptors (Lipinski definition) is 3. The van der Waals surface area contributed by atoms with Crippen molar-refractivity contribution < 1.29 is 14.0 Å². The maximum atomic E-state index is 12.4. The summed E-state index contributed by atoms with van der Waals surface area (Å²) in [5, 5.41) is 0.773. The molecule has 2 aromatic heterocycles. The van der Waals surface area contributed by atoms with Crippen molar-refractivity contribution in [3.05, 3.63) is 60.2 Å². The predicted octanol–water partition coefficient (Wildman–Crippen LogP) is 1.95. The van der Waals surface area contributed by atoms with Gasteiger partial charge in [-0.3, -0.25) is 9.59 Å². The summed E-state index contributed by atoms with van der Waals surface area (Å²) in [4.78, 5) is 23.5. The minimum atomic E-state index is -0.456. The predicted molar refractivity (Wildman–Crippen MR) is 73.3 cm³/mol. The molecule has 0 atom stereocenters. The fourth-order valence-electron chi connectivity index (χ4n) is 2.27. The highest BCUT2D eigenvalue weighted by atomic mass is 16.3. The molecule has 0 spiro atoms. The van der Waals surface area contributed by atoms with E-state index in [1.54, 1.807) is 22.9 Å². The molecule has 0 aliphatic rings. The quantitative estimate of drug-likeness (QED) is 0.734. The SMILES string of the molecule is NC(=O)Cn1cc(C(=O)c2ccco2)c2ccccc21. The molecule has 3 rings (SSSR count). The van der Waals surface area contributed by atoms with E-state index in [4.69, 9.17) is 10.2 Å². The average Bonchev–Trinajstić information content (AvgIpc) is 3.06. The van der Waals surface area contributed by atoms with Gasteiger partial charge in [0.05, 0.1) is 11.8 Å². The number of nitrogens with zero attached hydrogens (tertiary/aromatic N) is 1. The van der Waals surface area contributed by atoms with E-state index in [1.807, 2.05) is 24.3 Å². The van der Waals surface area contributed by atoms with E-state index in [2.05, 4.69) is 0 Å². The summed E-state index contributed by atoms with van der Waals surface area (Å²) in [6.45, 7) is 0.0337. The first-order valence-electron chi connectivity index (χ1n) is 6.11. The van der Waals surface area contributed by atoms with Gasteiger partial charge in [-0.15, -0.1) is 0 Å². The number of nitrogens with two attached hydrogens (primary N) is 1. The Morgan fingerprint density at radius 2 is 1.95 bits per heavy atom. The molecule has 0 aliphatic heterocycles. The van der Waals surface area contributed by atoms with Crippen LogP contribution in [0, 0.1) is 0 Å². The number of aromatic nitrogens is 1. The van der Waals surface area contributed by atoms with Crippen LogP contribution in [0.1, 0.15) is 16.1 Å². The third-order valence-electron chi connectivity index (χ3n) is 3.10. The van der Waals surface area contributed by atoms with Crippen LogP contribution >= 0.6 is 0 Å². The maximum absolute atomic E-state index is 12.4. The summed E-state index contributed by atoms with van der Waals surface area (Å²) in [7, 11) is 0. The van der Waals surface area contributed by atoms with Gasteiger partial charge in [0, 0.05) is 17.1 Å². The smallest absolute Gasteiger partial charge is 0.237 e. The molecule has 5 heteroatoms. The van der Waals surface area contributed by atoms with E-state index >= 15 is 0 Å². The number of para-hydroxylation sites is 1. The Labute approximate surface area is 114 Å². The van der Waals surface area contributed by atoms with Crippen LogP contribution in [0.5, 0.6) is 0 Å². The Bertz CT molecular complexity index is 785. The van der Waals surface area contributed by atoms with Crippen LogP contribution in [0.25, 0.3) is 10.9 Å². The van der Waals surface area contributed by atoms with Gasteiger partial charge in [0.2, 0.25) is 11.7 Å². The summed E-state index contributed by atoms with van der Waals surface area (Å²) in [6.07, 6.45) is 3.09. The highest BCUT2D eigenvalue weighted by Crippen LogP contribution is 2.24. The van der Waals surface area contributed by atoms with Crippen molar-refractivity contribution in [1.29, 1.82) is 0 Å². The topological polar surface area (TPSA) is 78.2 Å². The molecule has 0 saturated heterocycles. The van der Waals surface area contributed by atoms with Crippen LogP contribution < -0.4 is 5.73 Å². The normalized spacial score (nSPS) is 10.8. The van der Waals surface area contributed by atoms with Gasteiger partial charge in [-0.2, -0.15) is 0 Å². The first-order chi connectivity index (χ1) is 9.66. The fourth-order valence-corrected chi connectivity index (χ4v) is 2.27. The van der Waals surface area contributed by atoms with Gasteiger partial charge in [0.15, 0.2) is 5.76 Å². The van der Waals surface area contributed by atoms with E-state index in [0.717, 1.165) is 10.9 Å². The van der Waals surface area contributed by atoms with Gasteiger partial charge >= 0.3 is 0 Å². The molecule has 0 radical (unpaired) electrons. The molecule has 20 heavy (non-hydrogen) atoms. The molecule has 1 aromatic carbocycles. The van der Waals surface area contributed by atoms with E-state index < -0.39 is 5.91 Å². The molecule has 2 N–H and O–H groups in total. The summed E-state index contributed by atoms with van der Waals surface area (Å²) in [5.41, 5.74) is 6.52. The number of benzene rings is 1. The van der Waals surface area contributed by atoms with E-state index in [1.165, 1.54) is 6.26 Å². The maximum Gasteiger partial charge on any atom is 0.237 e. The number of amides is 1. The third kappa shape index (κ3) is 1.99. The van der Waals surface area contributed by atoms with Gasteiger partial charge in [-0.05, 0) is 18.2 Å². The molecular formula is C15H12N2O3. The molecule has 0 bridgehead atoms. The first kappa shape index (κ1) is 12.2. The summed E-state index contributed by atoms with van der Waals surface area (Å²) >= 11 is 0. The average molecular weight is 268 g/mol. The van der Waals surface area contributed by atoms with Crippen LogP contribution in [-0.4, -0.2) is 16.3 Å². The molecular weight excluding hydrogens is 256 g/mol. The van der Waals surface area contributed by atoms with Gasteiger partial charge < -0.3 is 14.7 Å². The summed E-state index contributed by atoms with van der Waals surface area (Å²) in [5.74, 6) is -0.399. The molecule has 100 valence electrons. The lowest BCUT2D eigenvalue weighted by molar-refractivity contribution is -0.118. The number of primary amides is 1. The highest BCUT2D eigenvalue weighted by Gasteiger charge is 2.18. The third-order valence-corrected chi connectivity index (χ3v) is 3.10. The molecule has 1 amide bonds. The van der Waals surface area contributed by atoms with Gasteiger partial charge in [0.1, 0.15) is 6.54 Å². The van der Waals surface area contributed by atoms with Crippen LogP contribution in [0.3, 0.4) is 0 Å². The van der Waals surface area contributed by atoms with Gasteiger partial charge in [0.25, 0.3) is 0 Å². The molecule has 5 nitrogen and oxygen atoms in total. The Hall–Kier alpha value is -2.82. The lowest BCUT2D eigenvalue weighted by Gasteiger charge is -2.00. The second-order valence-electron chi connectivity index (χ2n) is 4.46. The summed E-state index contributed by atoms with van der Waals surface area (Å²) in [6, 6.07) is 10.6. The number of carbonyl (C=O) groups excluding carboxylic acids is 2. The van der Waals surface area contributed by atoms with E-state index in [-0.39, 0.29) is 18.1 Å². The van der Waals surface area contributed by atoms with Crippen molar-refractivity contribution in [3.8, 4) is 0 Å². The van der Waals surface area contributed by atoms with Crippen molar-refractivity contribution in [2.75, 3.05) is 0 Å². The second kappa shape index (κ2) is 4.70. The second-order valence-corrected chi connectivity index (χ2v) is 4.46. The molecule has 0 fully saturated rings. The lowest BCUT2D eigenvalue weighted by Crippen LogP contribution is -2.18. The summed E-state index contributed by atoms with van der Waals surface area (Å²) < 4.78 is 6.81. The zero-order valence-corrected chi connectivity index (χ0v) is 10.6. The van der Waals surface area contributed by atoms with Gasteiger partial charge in [-0.1, -0.05) is 18.2 Å². The van der Waals surface area contributed by atoms with Crippen molar-refractivity contribution in [2.24, 2.45) is 5.73 Å². The number of rotatable bonds is 4. The molecule has 0 saturated carbocycles.